The minimum Gasteiger partial charge on any atom is -0.497 e. The second kappa shape index (κ2) is 8.64. The average molecular weight is 393 g/mol. The Morgan fingerprint density at radius 3 is 2.76 bits per heavy atom. The number of hydrogen-bond acceptors (Lipinski definition) is 4. The zero-order valence-corrected chi connectivity index (χ0v) is 17.2. The van der Waals surface area contributed by atoms with Crippen LogP contribution in [0, 0.1) is 0 Å². The monoisotopic (exact) mass is 392 g/mol. The van der Waals surface area contributed by atoms with Crippen molar-refractivity contribution in [2.24, 2.45) is 0 Å². The normalized spacial score (nSPS) is 15.0. The zero-order valence-electron chi connectivity index (χ0n) is 17.2. The Balaban J connectivity index is 1.57. The maximum absolute atomic E-state index is 12.0. The van der Waals surface area contributed by atoms with Crippen molar-refractivity contribution in [2.45, 2.75) is 45.1 Å². The number of pyridine rings is 1. The van der Waals surface area contributed by atoms with Gasteiger partial charge in [0.2, 0.25) is 5.91 Å². The Labute approximate surface area is 171 Å². The summed E-state index contributed by atoms with van der Waals surface area (Å²) in [4.78, 5) is 23.6. The number of carbonyl (C=O) groups is 1. The molecule has 0 saturated carbocycles. The summed E-state index contributed by atoms with van der Waals surface area (Å²) in [5, 5.41) is 0. The lowest BCUT2D eigenvalue weighted by Gasteiger charge is -2.33. The van der Waals surface area contributed by atoms with E-state index in [0.717, 1.165) is 61.5 Å². The van der Waals surface area contributed by atoms with E-state index in [1.807, 2.05) is 42.3 Å². The molecule has 4 rings (SSSR count). The third-order valence-corrected chi connectivity index (χ3v) is 5.78. The van der Waals surface area contributed by atoms with Crippen LogP contribution in [0.1, 0.15) is 43.6 Å². The molecule has 152 valence electrons. The fourth-order valence-electron chi connectivity index (χ4n) is 4.22. The number of hydrogen-bond donors (Lipinski definition) is 0. The van der Waals surface area contributed by atoms with Crippen LogP contribution in [0.25, 0.3) is 11.2 Å². The highest BCUT2D eigenvalue weighted by Gasteiger charge is 2.26. The molecule has 0 spiro atoms. The number of imidazole rings is 1. The number of nitrogens with zero attached hydrogens (tertiary/aromatic N) is 4. The minimum absolute atomic E-state index is 0.246. The van der Waals surface area contributed by atoms with E-state index in [0.29, 0.717) is 12.5 Å². The van der Waals surface area contributed by atoms with Gasteiger partial charge in [0.05, 0.1) is 7.11 Å². The lowest BCUT2D eigenvalue weighted by molar-refractivity contribution is -0.132. The molecule has 1 aliphatic heterocycles. The smallest absolute Gasteiger partial charge is 0.222 e. The topological polar surface area (TPSA) is 60.2 Å². The van der Waals surface area contributed by atoms with Crippen molar-refractivity contribution in [1.29, 1.82) is 0 Å². The number of ether oxygens (including phenoxy) is 1. The first kappa shape index (κ1) is 19.4. The molecule has 1 aliphatic rings. The van der Waals surface area contributed by atoms with Crippen molar-refractivity contribution in [3.8, 4) is 5.75 Å². The maximum Gasteiger partial charge on any atom is 0.222 e. The fourth-order valence-corrected chi connectivity index (χ4v) is 4.22. The summed E-state index contributed by atoms with van der Waals surface area (Å²) in [5.41, 5.74) is 3.13. The molecule has 2 aromatic heterocycles. The van der Waals surface area contributed by atoms with Gasteiger partial charge < -0.3 is 14.2 Å². The predicted molar refractivity (Wildman–Crippen MR) is 113 cm³/mol. The molecule has 6 heteroatoms. The highest BCUT2D eigenvalue weighted by Crippen LogP contribution is 2.29. The van der Waals surface area contributed by atoms with Crippen LogP contribution in [0.3, 0.4) is 0 Å². The summed E-state index contributed by atoms with van der Waals surface area (Å²) in [6.45, 7) is 3.54. The number of benzene rings is 1. The molecule has 1 amide bonds. The van der Waals surface area contributed by atoms with E-state index in [1.165, 1.54) is 5.56 Å². The lowest BCUT2D eigenvalue weighted by atomic mass is 10.0. The third kappa shape index (κ3) is 4.11. The second-order valence-electron chi connectivity index (χ2n) is 7.56. The molecule has 0 radical (unpaired) electrons. The van der Waals surface area contributed by atoms with Gasteiger partial charge in [-0.25, -0.2) is 9.97 Å². The molecule has 3 aromatic rings. The average Bonchev–Trinajstić information content (AvgIpc) is 3.15. The molecule has 1 fully saturated rings. The van der Waals surface area contributed by atoms with E-state index in [2.05, 4.69) is 21.7 Å². The van der Waals surface area contributed by atoms with Gasteiger partial charge in [-0.1, -0.05) is 19.1 Å². The summed E-state index contributed by atoms with van der Waals surface area (Å²) in [5.74, 6) is 2.20. The van der Waals surface area contributed by atoms with Crippen LogP contribution >= 0.6 is 0 Å². The van der Waals surface area contributed by atoms with Gasteiger partial charge in [-0.2, -0.15) is 0 Å². The second-order valence-corrected chi connectivity index (χ2v) is 7.56. The zero-order chi connectivity index (χ0) is 20.2. The standard InChI is InChI=1S/C23H28N4O2/c1-3-22(28)26-14-11-18(12-15-26)27-21(25-20-8-5-13-24-23(20)27)10-9-17-6-4-7-19(16-17)29-2/h4-8,13,16,18H,3,9-12,14-15H2,1-2H3. The Hall–Kier alpha value is -2.89. The first-order valence-corrected chi connectivity index (χ1v) is 10.4. The number of fused-ring (bicyclic) bond motifs is 1. The van der Waals surface area contributed by atoms with E-state index < -0.39 is 0 Å². The molecule has 0 N–H and O–H groups in total. The number of methoxy groups -OCH3 is 1. The van der Waals surface area contributed by atoms with E-state index in [4.69, 9.17) is 9.72 Å². The Morgan fingerprint density at radius 2 is 2.00 bits per heavy atom. The molecule has 0 unspecified atom stereocenters. The summed E-state index contributed by atoms with van der Waals surface area (Å²) in [6.07, 6.45) is 6.04. The molecule has 0 aliphatic carbocycles. The minimum atomic E-state index is 0.246. The van der Waals surface area contributed by atoms with Crippen molar-refractivity contribution >= 4 is 17.1 Å². The van der Waals surface area contributed by atoms with Gasteiger partial charge in [0.25, 0.3) is 0 Å². The van der Waals surface area contributed by atoms with Gasteiger partial charge in [0, 0.05) is 38.2 Å². The molecule has 3 heterocycles. The lowest BCUT2D eigenvalue weighted by Crippen LogP contribution is -2.39. The van der Waals surface area contributed by atoms with Gasteiger partial charge in [0.1, 0.15) is 17.1 Å². The molecule has 29 heavy (non-hydrogen) atoms. The largest absolute Gasteiger partial charge is 0.497 e. The number of rotatable bonds is 6. The first-order valence-electron chi connectivity index (χ1n) is 10.4. The van der Waals surface area contributed by atoms with Crippen LogP contribution in [-0.2, 0) is 17.6 Å². The molecular formula is C23H28N4O2. The van der Waals surface area contributed by atoms with Crippen LogP contribution < -0.4 is 4.74 Å². The van der Waals surface area contributed by atoms with Crippen LogP contribution in [-0.4, -0.2) is 45.5 Å². The van der Waals surface area contributed by atoms with Crippen LogP contribution in [0.15, 0.2) is 42.6 Å². The van der Waals surface area contributed by atoms with Gasteiger partial charge in [0.15, 0.2) is 5.65 Å². The third-order valence-electron chi connectivity index (χ3n) is 5.78. The van der Waals surface area contributed by atoms with E-state index in [-0.39, 0.29) is 5.91 Å². The van der Waals surface area contributed by atoms with Gasteiger partial charge in [-0.05, 0) is 49.1 Å². The number of amides is 1. The van der Waals surface area contributed by atoms with Crippen molar-refractivity contribution in [2.75, 3.05) is 20.2 Å². The summed E-state index contributed by atoms with van der Waals surface area (Å²) < 4.78 is 7.67. The van der Waals surface area contributed by atoms with Crippen molar-refractivity contribution in [3.05, 3.63) is 54.0 Å². The molecule has 0 atom stereocenters. The van der Waals surface area contributed by atoms with Crippen LogP contribution in [0.5, 0.6) is 5.75 Å². The van der Waals surface area contributed by atoms with E-state index in [1.54, 1.807) is 7.11 Å². The molecule has 0 bridgehead atoms. The van der Waals surface area contributed by atoms with E-state index >= 15 is 0 Å². The Bertz CT molecular complexity index is 989. The number of piperidine rings is 1. The summed E-state index contributed by atoms with van der Waals surface area (Å²) >= 11 is 0. The Morgan fingerprint density at radius 1 is 1.17 bits per heavy atom. The van der Waals surface area contributed by atoms with Gasteiger partial charge in [-0.15, -0.1) is 0 Å². The van der Waals surface area contributed by atoms with Crippen molar-refractivity contribution in [1.82, 2.24) is 19.4 Å². The summed E-state index contributed by atoms with van der Waals surface area (Å²) in [7, 11) is 1.69. The highest BCUT2D eigenvalue weighted by atomic mass is 16.5. The number of carbonyl (C=O) groups excluding carboxylic acids is 1. The van der Waals surface area contributed by atoms with Gasteiger partial charge in [-0.3, -0.25) is 4.79 Å². The van der Waals surface area contributed by atoms with E-state index in [9.17, 15) is 4.79 Å². The molecular weight excluding hydrogens is 364 g/mol. The van der Waals surface area contributed by atoms with Gasteiger partial charge >= 0.3 is 0 Å². The highest BCUT2D eigenvalue weighted by molar-refractivity contribution is 5.76. The molecule has 1 saturated heterocycles. The summed E-state index contributed by atoms with van der Waals surface area (Å²) in [6, 6.07) is 12.5. The van der Waals surface area contributed by atoms with Crippen LogP contribution in [0.2, 0.25) is 0 Å². The molecule has 1 aromatic carbocycles. The predicted octanol–water partition coefficient (Wildman–Crippen LogP) is 3.80. The number of likely N-dealkylation sites (tertiary alicyclic amines) is 1. The fraction of sp³-hybridized carbons (Fsp3) is 0.435. The Kier molecular flexibility index (Phi) is 5.79. The quantitative estimate of drug-likeness (QED) is 0.640. The maximum atomic E-state index is 12.0. The van der Waals surface area contributed by atoms with Crippen molar-refractivity contribution in [3.63, 3.8) is 0 Å². The molecule has 6 nitrogen and oxygen atoms in total. The SMILES string of the molecule is CCC(=O)N1CCC(n2c(CCc3cccc(OC)c3)nc3cccnc32)CC1. The number of aryl methyl sites for hydroxylation is 2. The van der Waals surface area contributed by atoms with Crippen LogP contribution in [0.4, 0.5) is 0 Å². The number of aromatic nitrogens is 3. The van der Waals surface area contributed by atoms with Crippen molar-refractivity contribution < 1.29 is 9.53 Å². The first-order chi connectivity index (χ1) is 14.2.